The lowest BCUT2D eigenvalue weighted by atomic mass is 10.1. The predicted molar refractivity (Wildman–Crippen MR) is 118 cm³/mol. The second kappa shape index (κ2) is 9.18. The summed E-state index contributed by atoms with van der Waals surface area (Å²) in [6.45, 7) is 2.86. The molecule has 0 aromatic carbocycles. The number of hydrogen-bond donors (Lipinski definition) is 2. The first-order valence-corrected chi connectivity index (χ1v) is 10.0. The van der Waals surface area contributed by atoms with E-state index in [1.807, 2.05) is 36.0 Å². The summed E-state index contributed by atoms with van der Waals surface area (Å²) in [5, 5.41) is 19.7. The Morgan fingerprint density at radius 1 is 1.25 bits per heavy atom. The average molecular weight is 430 g/mol. The minimum atomic E-state index is -0.0711. The minimum absolute atomic E-state index is 0.0711. The molecule has 2 N–H and O–H groups in total. The van der Waals surface area contributed by atoms with E-state index in [-0.39, 0.29) is 5.91 Å². The molecule has 32 heavy (non-hydrogen) atoms. The lowest BCUT2D eigenvalue weighted by molar-refractivity contribution is -0.118. The molecule has 0 spiro atoms. The number of aromatic nitrogens is 5. The van der Waals surface area contributed by atoms with Crippen LogP contribution in [0, 0.1) is 11.3 Å². The molecule has 0 aliphatic heterocycles. The van der Waals surface area contributed by atoms with Gasteiger partial charge >= 0.3 is 0 Å². The number of anilines is 1. The van der Waals surface area contributed by atoms with Crippen molar-refractivity contribution in [3.05, 3.63) is 60.6 Å². The van der Waals surface area contributed by atoms with Crippen LogP contribution < -0.4 is 15.4 Å². The van der Waals surface area contributed by atoms with Crippen molar-refractivity contribution < 1.29 is 9.53 Å². The smallest absolute Gasteiger partial charge is 0.216 e. The van der Waals surface area contributed by atoms with Gasteiger partial charge in [0.15, 0.2) is 0 Å². The highest BCUT2D eigenvalue weighted by molar-refractivity contribution is 5.85. The predicted octanol–water partition coefficient (Wildman–Crippen LogP) is 2.13. The SMILES string of the molecule is CC(=O)NCCNc1ccc(-c2cc(OCc3nccn3C)cn3ncc(C#N)c23)cn1. The van der Waals surface area contributed by atoms with Gasteiger partial charge in [-0.1, -0.05) is 0 Å². The molecule has 4 aromatic rings. The Morgan fingerprint density at radius 2 is 2.12 bits per heavy atom. The van der Waals surface area contributed by atoms with Gasteiger partial charge in [-0.15, -0.1) is 0 Å². The van der Waals surface area contributed by atoms with E-state index in [2.05, 4.69) is 31.8 Å². The summed E-state index contributed by atoms with van der Waals surface area (Å²) in [5.74, 6) is 2.01. The number of nitriles is 1. The number of hydrogen-bond acceptors (Lipinski definition) is 7. The highest BCUT2D eigenvalue weighted by atomic mass is 16.5. The number of nitrogens with zero attached hydrogens (tertiary/aromatic N) is 6. The van der Waals surface area contributed by atoms with Crippen LogP contribution in [0.1, 0.15) is 18.3 Å². The first kappa shape index (κ1) is 20.9. The molecule has 10 heteroatoms. The highest BCUT2D eigenvalue weighted by Gasteiger charge is 2.14. The zero-order chi connectivity index (χ0) is 22.5. The molecule has 0 atom stereocenters. The quantitative estimate of drug-likeness (QED) is 0.411. The van der Waals surface area contributed by atoms with Crippen molar-refractivity contribution in [2.45, 2.75) is 13.5 Å². The fourth-order valence-corrected chi connectivity index (χ4v) is 3.25. The van der Waals surface area contributed by atoms with Gasteiger partial charge in [0.2, 0.25) is 5.91 Å². The van der Waals surface area contributed by atoms with E-state index in [0.717, 1.165) is 17.0 Å². The van der Waals surface area contributed by atoms with E-state index >= 15 is 0 Å². The number of amides is 1. The summed E-state index contributed by atoms with van der Waals surface area (Å²) in [6.07, 6.45) is 8.59. The number of aryl methyl sites for hydroxylation is 1. The Balaban J connectivity index is 1.60. The van der Waals surface area contributed by atoms with Gasteiger partial charge in [0.05, 0.1) is 23.5 Å². The van der Waals surface area contributed by atoms with Crippen molar-refractivity contribution in [1.29, 1.82) is 5.26 Å². The van der Waals surface area contributed by atoms with Crippen molar-refractivity contribution in [3.8, 4) is 22.9 Å². The Kier molecular flexibility index (Phi) is 5.98. The van der Waals surface area contributed by atoms with Crippen LogP contribution >= 0.6 is 0 Å². The molecule has 162 valence electrons. The lowest BCUT2D eigenvalue weighted by Crippen LogP contribution is -2.26. The first-order valence-electron chi connectivity index (χ1n) is 10.0. The topological polar surface area (TPSA) is 122 Å². The van der Waals surface area contributed by atoms with Gasteiger partial charge in [-0.25, -0.2) is 14.5 Å². The highest BCUT2D eigenvalue weighted by Crippen LogP contribution is 2.31. The molecule has 0 saturated carbocycles. The third kappa shape index (κ3) is 4.52. The fraction of sp³-hybridized carbons (Fsp3) is 0.227. The summed E-state index contributed by atoms with van der Waals surface area (Å²) in [4.78, 5) is 19.7. The maximum atomic E-state index is 11.0. The molecular formula is C22H22N8O2. The summed E-state index contributed by atoms with van der Waals surface area (Å²) >= 11 is 0. The van der Waals surface area contributed by atoms with Crippen molar-refractivity contribution in [3.63, 3.8) is 0 Å². The van der Waals surface area contributed by atoms with Gasteiger partial charge in [-0.2, -0.15) is 10.4 Å². The van der Waals surface area contributed by atoms with Crippen molar-refractivity contribution >= 4 is 17.2 Å². The van der Waals surface area contributed by atoms with E-state index in [1.165, 1.54) is 13.1 Å². The van der Waals surface area contributed by atoms with E-state index < -0.39 is 0 Å². The van der Waals surface area contributed by atoms with Crippen molar-refractivity contribution in [1.82, 2.24) is 29.5 Å². The monoisotopic (exact) mass is 430 g/mol. The Morgan fingerprint density at radius 3 is 2.81 bits per heavy atom. The molecule has 0 saturated heterocycles. The maximum absolute atomic E-state index is 11.0. The van der Waals surface area contributed by atoms with Gasteiger partial charge < -0.3 is 19.9 Å². The number of fused-ring (bicyclic) bond motifs is 1. The third-order valence-corrected chi connectivity index (χ3v) is 4.88. The van der Waals surface area contributed by atoms with Gasteiger partial charge in [0.25, 0.3) is 0 Å². The molecule has 4 rings (SSSR count). The van der Waals surface area contributed by atoms with Crippen LogP contribution in [0.4, 0.5) is 5.82 Å². The largest absolute Gasteiger partial charge is 0.484 e. The second-order valence-corrected chi connectivity index (χ2v) is 7.14. The molecule has 0 radical (unpaired) electrons. The summed E-state index contributed by atoms with van der Waals surface area (Å²) in [7, 11) is 1.91. The third-order valence-electron chi connectivity index (χ3n) is 4.88. The normalized spacial score (nSPS) is 10.7. The van der Waals surface area contributed by atoms with E-state index in [9.17, 15) is 10.1 Å². The minimum Gasteiger partial charge on any atom is -0.484 e. The summed E-state index contributed by atoms with van der Waals surface area (Å²) in [5.41, 5.74) is 2.76. The van der Waals surface area contributed by atoms with Crippen LogP contribution in [0.5, 0.6) is 5.75 Å². The molecule has 10 nitrogen and oxygen atoms in total. The Bertz CT molecular complexity index is 1280. The van der Waals surface area contributed by atoms with E-state index in [0.29, 0.717) is 42.3 Å². The van der Waals surface area contributed by atoms with Gasteiger partial charge in [-0.05, 0) is 18.2 Å². The zero-order valence-electron chi connectivity index (χ0n) is 17.7. The molecule has 0 unspecified atom stereocenters. The Labute approximate surface area is 184 Å². The molecule has 4 aromatic heterocycles. The number of ether oxygens (including phenoxy) is 1. The van der Waals surface area contributed by atoms with Gasteiger partial charge in [0.1, 0.15) is 30.1 Å². The average Bonchev–Trinajstić information content (AvgIpc) is 3.40. The molecule has 0 aliphatic carbocycles. The lowest BCUT2D eigenvalue weighted by Gasteiger charge is -2.11. The van der Waals surface area contributed by atoms with Crippen LogP contribution in [0.25, 0.3) is 16.6 Å². The number of pyridine rings is 2. The van der Waals surface area contributed by atoms with Crippen LogP contribution in [-0.4, -0.2) is 43.1 Å². The van der Waals surface area contributed by atoms with Gasteiger partial charge in [0, 0.05) is 56.8 Å². The summed E-state index contributed by atoms with van der Waals surface area (Å²) < 4.78 is 9.49. The van der Waals surface area contributed by atoms with E-state index in [4.69, 9.17) is 4.74 Å². The van der Waals surface area contributed by atoms with Crippen LogP contribution in [0.3, 0.4) is 0 Å². The van der Waals surface area contributed by atoms with Crippen molar-refractivity contribution in [2.75, 3.05) is 18.4 Å². The molecule has 0 bridgehead atoms. The van der Waals surface area contributed by atoms with Gasteiger partial charge in [-0.3, -0.25) is 4.79 Å². The first-order chi connectivity index (χ1) is 15.5. The molecule has 0 fully saturated rings. The number of imidazole rings is 1. The van der Waals surface area contributed by atoms with Crippen molar-refractivity contribution in [2.24, 2.45) is 7.05 Å². The molecular weight excluding hydrogens is 408 g/mol. The van der Waals surface area contributed by atoms with Crippen LogP contribution in [0.2, 0.25) is 0 Å². The standard InChI is InChI=1S/C22H22N8O2/c1-15(31)24-5-6-25-20-4-3-16(11-27-20)19-9-18(32-14-21-26-7-8-29(21)2)13-30-22(19)17(10-23)12-28-30/h3-4,7-9,11-13H,5-6,14H2,1-2H3,(H,24,31)(H,25,27). The Hall–Kier alpha value is -4.39. The molecule has 1 amide bonds. The number of carbonyl (C=O) groups is 1. The molecule has 0 aliphatic rings. The zero-order valence-corrected chi connectivity index (χ0v) is 17.7. The second-order valence-electron chi connectivity index (χ2n) is 7.14. The number of rotatable bonds is 8. The number of carbonyl (C=O) groups excluding carboxylic acids is 1. The molecule has 4 heterocycles. The number of nitrogens with one attached hydrogen (secondary N) is 2. The fourth-order valence-electron chi connectivity index (χ4n) is 3.25. The van der Waals surface area contributed by atoms with Crippen LogP contribution in [-0.2, 0) is 18.4 Å². The summed E-state index contributed by atoms with van der Waals surface area (Å²) in [6, 6.07) is 7.84. The maximum Gasteiger partial charge on any atom is 0.216 e. The van der Waals surface area contributed by atoms with Crippen LogP contribution in [0.15, 0.2) is 49.2 Å². The van der Waals surface area contributed by atoms with E-state index in [1.54, 1.807) is 23.1 Å².